The van der Waals surface area contributed by atoms with E-state index in [1.807, 2.05) is 0 Å². The Morgan fingerprint density at radius 3 is 1.86 bits per heavy atom. The molecule has 1 heterocycles. The van der Waals surface area contributed by atoms with Crippen LogP contribution in [0.1, 0.15) is 18.4 Å². The van der Waals surface area contributed by atoms with E-state index in [1.54, 1.807) is 5.38 Å². The molecule has 10 heteroatoms. The van der Waals surface area contributed by atoms with Gasteiger partial charge in [-0.2, -0.15) is 50.9 Å². The first kappa shape index (κ1) is 18.1. The first-order chi connectivity index (χ1) is 9.33. The highest BCUT2D eigenvalue weighted by molar-refractivity contribution is 7.07. The number of thiophene rings is 1. The number of alkyl halides is 9. The fourth-order valence-electron chi connectivity index (χ4n) is 1.51. The van der Waals surface area contributed by atoms with E-state index in [2.05, 4.69) is 0 Å². The zero-order chi connectivity index (χ0) is 16.5. The van der Waals surface area contributed by atoms with Crippen LogP contribution in [-0.4, -0.2) is 23.9 Å². The molecular formula is C11H9F9S. The van der Waals surface area contributed by atoms with E-state index in [-0.39, 0.29) is 6.42 Å². The van der Waals surface area contributed by atoms with Crippen molar-refractivity contribution in [2.45, 2.75) is 43.2 Å². The molecule has 0 N–H and O–H groups in total. The third-order valence-electron chi connectivity index (χ3n) is 2.75. The molecule has 1 aromatic rings. The molecule has 0 aromatic carbocycles. The topological polar surface area (TPSA) is 0 Å². The second-order valence-corrected chi connectivity index (χ2v) is 5.12. The standard InChI is InChI=1S/C11H9F9S/c12-8(13,4-1-2-7-3-5-21-6-7)9(14,15)10(16,17)11(18,19)20/h3,5-6H,1-2,4H2. The number of aryl methyl sites for hydroxylation is 1. The van der Waals surface area contributed by atoms with Crippen LogP contribution in [0.3, 0.4) is 0 Å². The molecule has 0 aliphatic carbocycles. The van der Waals surface area contributed by atoms with Crippen LogP contribution >= 0.6 is 11.3 Å². The summed E-state index contributed by atoms with van der Waals surface area (Å²) in [5, 5.41) is 3.11. The van der Waals surface area contributed by atoms with Gasteiger partial charge in [0.05, 0.1) is 0 Å². The van der Waals surface area contributed by atoms with E-state index in [1.165, 1.54) is 22.8 Å². The van der Waals surface area contributed by atoms with Gasteiger partial charge in [-0.15, -0.1) is 0 Å². The van der Waals surface area contributed by atoms with Crippen molar-refractivity contribution in [2.24, 2.45) is 0 Å². The summed E-state index contributed by atoms with van der Waals surface area (Å²) >= 11 is 1.21. The van der Waals surface area contributed by atoms with E-state index < -0.39 is 36.8 Å². The minimum Gasteiger partial charge on any atom is -0.200 e. The summed E-state index contributed by atoms with van der Waals surface area (Å²) in [5.74, 6) is -18.8. The van der Waals surface area contributed by atoms with Gasteiger partial charge in [0.1, 0.15) is 0 Å². The van der Waals surface area contributed by atoms with Crippen molar-refractivity contribution in [3.63, 3.8) is 0 Å². The molecule has 122 valence electrons. The van der Waals surface area contributed by atoms with Crippen LogP contribution in [0.2, 0.25) is 0 Å². The molecule has 0 radical (unpaired) electrons. The zero-order valence-corrected chi connectivity index (χ0v) is 11.0. The Hall–Kier alpha value is -0.930. The molecular weight excluding hydrogens is 335 g/mol. The average Bonchev–Trinajstić information content (AvgIpc) is 2.79. The first-order valence-electron chi connectivity index (χ1n) is 5.54. The molecule has 0 unspecified atom stereocenters. The van der Waals surface area contributed by atoms with Crippen molar-refractivity contribution >= 4 is 11.3 Å². The van der Waals surface area contributed by atoms with Gasteiger partial charge >= 0.3 is 23.9 Å². The molecule has 0 saturated carbocycles. The summed E-state index contributed by atoms with van der Waals surface area (Å²) in [6.45, 7) is 0. The summed E-state index contributed by atoms with van der Waals surface area (Å²) in [7, 11) is 0. The van der Waals surface area contributed by atoms with Crippen LogP contribution in [0, 0.1) is 0 Å². The summed E-state index contributed by atoms with van der Waals surface area (Å²) in [6, 6.07) is 1.51. The Morgan fingerprint density at radius 1 is 0.857 bits per heavy atom. The van der Waals surface area contributed by atoms with Crippen LogP contribution < -0.4 is 0 Å². The number of hydrogen-bond donors (Lipinski definition) is 0. The lowest BCUT2D eigenvalue weighted by Gasteiger charge is -2.33. The van der Waals surface area contributed by atoms with E-state index in [9.17, 15) is 39.5 Å². The third-order valence-corrected chi connectivity index (χ3v) is 3.48. The van der Waals surface area contributed by atoms with E-state index in [0.717, 1.165) is 0 Å². The van der Waals surface area contributed by atoms with Crippen LogP contribution in [0.15, 0.2) is 16.8 Å². The van der Waals surface area contributed by atoms with Crippen molar-refractivity contribution in [2.75, 3.05) is 0 Å². The monoisotopic (exact) mass is 344 g/mol. The molecule has 21 heavy (non-hydrogen) atoms. The van der Waals surface area contributed by atoms with Crippen LogP contribution in [0.5, 0.6) is 0 Å². The molecule has 1 rings (SSSR count). The van der Waals surface area contributed by atoms with E-state index in [0.29, 0.717) is 5.56 Å². The van der Waals surface area contributed by atoms with Crippen LogP contribution in [0.4, 0.5) is 39.5 Å². The van der Waals surface area contributed by atoms with Gasteiger partial charge in [-0.3, -0.25) is 0 Å². The van der Waals surface area contributed by atoms with Crippen molar-refractivity contribution in [3.8, 4) is 0 Å². The maximum Gasteiger partial charge on any atom is 0.460 e. The van der Waals surface area contributed by atoms with Gasteiger partial charge in [0.2, 0.25) is 0 Å². The third kappa shape index (κ3) is 3.46. The minimum absolute atomic E-state index is 0.118. The highest BCUT2D eigenvalue weighted by atomic mass is 32.1. The Morgan fingerprint density at radius 2 is 1.43 bits per heavy atom. The van der Waals surface area contributed by atoms with Gasteiger partial charge in [0, 0.05) is 6.42 Å². The molecule has 0 saturated heterocycles. The van der Waals surface area contributed by atoms with Gasteiger partial charge in [-0.05, 0) is 35.2 Å². The summed E-state index contributed by atoms with van der Waals surface area (Å²) < 4.78 is 113. The second kappa shape index (κ2) is 5.69. The zero-order valence-electron chi connectivity index (χ0n) is 10.2. The van der Waals surface area contributed by atoms with Crippen LogP contribution in [0.25, 0.3) is 0 Å². The highest BCUT2D eigenvalue weighted by Crippen LogP contribution is 2.54. The Kier molecular flexibility index (Phi) is 4.91. The summed E-state index contributed by atoms with van der Waals surface area (Å²) in [5.41, 5.74) is 0.515. The average molecular weight is 344 g/mol. The molecule has 0 bridgehead atoms. The molecule has 0 atom stereocenters. The normalized spacial score (nSPS) is 14.5. The molecule has 0 amide bonds. The maximum atomic E-state index is 13.1. The first-order valence-corrected chi connectivity index (χ1v) is 6.48. The Labute approximate surface area is 117 Å². The highest BCUT2D eigenvalue weighted by Gasteiger charge is 2.81. The number of rotatable bonds is 6. The Balaban J connectivity index is 2.79. The SMILES string of the molecule is FC(F)(F)C(F)(F)C(F)(F)C(F)(F)CCCc1ccsc1. The molecule has 0 aliphatic rings. The Bertz CT molecular complexity index is 447. The van der Waals surface area contributed by atoms with Gasteiger partial charge in [0.25, 0.3) is 0 Å². The second-order valence-electron chi connectivity index (χ2n) is 4.34. The molecule has 0 spiro atoms. The fraction of sp³-hybridized carbons (Fsp3) is 0.636. The lowest BCUT2D eigenvalue weighted by Crippen LogP contribution is -2.60. The number of halogens is 9. The largest absolute Gasteiger partial charge is 0.460 e. The van der Waals surface area contributed by atoms with E-state index >= 15 is 0 Å². The lowest BCUT2D eigenvalue weighted by atomic mass is 9.98. The van der Waals surface area contributed by atoms with Crippen molar-refractivity contribution < 1.29 is 39.5 Å². The van der Waals surface area contributed by atoms with Crippen LogP contribution in [-0.2, 0) is 6.42 Å². The van der Waals surface area contributed by atoms with Gasteiger partial charge in [-0.1, -0.05) is 0 Å². The lowest BCUT2D eigenvalue weighted by molar-refractivity contribution is -0.396. The van der Waals surface area contributed by atoms with Gasteiger partial charge in [0.15, 0.2) is 0 Å². The van der Waals surface area contributed by atoms with Gasteiger partial charge in [-0.25, -0.2) is 0 Å². The molecule has 1 aromatic heterocycles. The van der Waals surface area contributed by atoms with Crippen molar-refractivity contribution in [1.29, 1.82) is 0 Å². The van der Waals surface area contributed by atoms with Crippen molar-refractivity contribution in [1.82, 2.24) is 0 Å². The smallest absolute Gasteiger partial charge is 0.200 e. The molecule has 0 aliphatic heterocycles. The fourth-order valence-corrected chi connectivity index (χ4v) is 2.22. The summed E-state index contributed by atoms with van der Waals surface area (Å²) in [4.78, 5) is 0. The molecule has 0 fully saturated rings. The maximum absolute atomic E-state index is 13.1. The minimum atomic E-state index is -6.80. The van der Waals surface area contributed by atoms with Crippen molar-refractivity contribution in [3.05, 3.63) is 22.4 Å². The van der Waals surface area contributed by atoms with Gasteiger partial charge < -0.3 is 0 Å². The quantitative estimate of drug-likeness (QED) is 0.595. The predicted molar refractivity (Wildman–Crippen MR) is 58.2 cm³/mol. The molecule has 0 nitrogen and oxygen atoms in total. The number of hydrogen-bond acceptors (Lipinski definition) is 1. The predicted octanol–water partition coefficient (Wildman–Crippen LogP) is 5.54. The van der Waals surface area contributed by atoms with E-state index in [4.69, 9.17) is 0 Å². The summed E-state index contributed by atoms with van der Waals surface area (Å²) in [6.07, 6.45) is -9.30.